The number of allylic oxidation sites excluding steroid dienone is 2. The summed E-state index contributed by atoms with van der Waals surface area (Å²) in [4.78, 5) is 8.17. The normalized spacial score (nSPS) is 21.2. The van der Waals surface area contributed by atoms with Gasteiger partial charge in [-0.1, -0.05) is 0 Å². The number of fused-ring (bicyclic) bond motifs is 1. The standard InChI is InChI=1S/C6H3BrN2/c7-6-3-5-4(9-6)1-2-8-5/h1-3H. The molecule has 0 atom stereocenters. The highest BCUT2D eigenvalue weighted by molar-refractivity contribution is 9.18. The van der Waals surface area contributed by atoms with Crippen LogP contribution in [-0.4, -0.2) is 10.8 Å². The van der Waals surface area contributed by atoms with Gasteiger partial charge in [-0.3, -0.25) is 4.99 Å². The van der Waals surface area contributed by atoms with Crippen molar-refractivity contribution in [2.75, 3.05) is 0 Å². The minimum atomic E-state index is 0.862. The van der Waals surface area contributed by atoms with Crippen molar-refractivity contribution < 1.29 is 0 Å². The van der Waals surface area contributed by atoms with Crippen LogP contribution in [0.3, 0.4) is 0 Å². The second-order valence-electron chi connectivity index (χ2n) is 1.79. The molecule has 0 amide bonds. The van der Waals surface area contributed by atoms with Gasteiger partial charge in [0.1, 0.15) is 4.62 Å². The van der Waals surface area contributed by atoms with Crippen LogP contribution in [0, 0.1) is 0 Å². The van der Waals surface area contributed by atoms with Gasteiger partial charge in [0.25, 0.3) is 0 Å². The van der Waals surface area contributed by atoms with E-state index in [1.54, 1.807) is 6.21 Å². The predicted octanol–water partition coefficient (Wildman–Crippen LogP) is 1.65. The first kappa shape index (κ1) is 5.11. The van der Waals surface area contributed by atoms with Crippen molar-refractivity contribution >= 4 is 26.8 Å². The van der Waals surface area contributed by atoms with Crippen LogP contribution < -0.4 is 0 Å². The van der Waals surface area contributed by atoms with Gasteiger partial charge in [0.15, 0.2) is 0 Å². The maximum Gasteiger partial charge on any atom is 0.109 e. The lowest BCUT2D eigenvalue weighted by molar-refractivity contribution is 1.33. The molecule has 0 radical (unpaired) electrons. The minimum absolute atomic E-state index is 0.862. The second kappa shape index (κ2) is 1.64. The number of nitrogens with zero attached hydrogens (tertiary/aromatic N) is 2. The third kappa shape index (κ3) is 0.685. The summed E-state index contributed by atoms with van der Waals surface area (Å²) in [5.74, 6) is 0. The smallest absolute Gasteiger partial charge is 0.109 e. The summed E-state index contributed by atoms with van der Waals surface area (Å²) in [6.07, 6.45) is 5.54. The number of hydrogen-bond acceptors (Lipinski definition) is 2. The SMILES string of the molecule is BrC1=NC2=CC=NC2=C1. The van der Waals surface area contributed by atoms with E-state index in [1.165, 1.54) is 0 Å². The first-order valence-corrected chi connectivity index (χ1v) is 3.36. The molecule has 0 aromatic heterocycles. The zero-order valence-corrected chi connectivity index (χ0v) is 6.09. The van der Waals surface area contributed by atoms with Gasteiger partial charge in [-0.2, -0.15) is 0 Å². The Kier molecular flexibility index (Phi) is 0.931. The molecule has 0 aliphatic carbocycles. The van der Waals surface area contributed by atoms with Gasteiger partial charge in [-0.25, -0.2) is 4.99 Å². The van der Waals surface area contributed by atoms with Crippen LogP contribution in [0.25, 0.3) is 0 Å². The highest BCUT2D eigenvalue weighted by Gasteiger charge is 2.13. The molecule has 9 heavy (non-hydrogen) atoms. The largest absolute Gasteiger partial charge is 0.254 e. The monoisotopic (exact) mass is 182 g/mol. The Hall–Kier alpha value is -0.700. The van der Waals surface area contributed by atoms with Crippen LogP contribution in [0.5, 0.6) is 0 Å². The Morgan fingerprint density at radius 3 is 3.00 bits per heavy atom. The van der Waals surface area contributed by atoms with E-state index in [1.807, 2.05) is 12.2 Å². The van der Waals surface area contributed by atoms with Crippen LogP contribution in [0.15, 0.2) is 33.5 Å². The van der Waals surface area contributed by atoms with Gasteiger partial charge in [-0.15, -0.1) is 0 Å². The van der Waals surface area contributed by atoms with E-state index in [0.717, 1.165) is 16.0 Å². The summed E-state index contributed by atoms with van der Waals surface area (Å²) in [6.45, 7) is 0. The molecular weight excluding hydrogens is 180 g/mol. The zero-order valence-electron chi connectivity index (χ0n) is 4.50. The number of halogens is 1. The summed E-state index contributed by atoms with van der Waals surface area (Å²) in [5, 5.41) is 0. The number of rotatable bonds is 0. The van der Waals surface area contributed by atoms with Gasteiger partial charge in [0.05, 0.1) is 11.4 Å². The van der Waals surface area contributed by atoms with E-state index >= 15 is 0 Å². The Balaban J connectivity index is 2.53. The molecule has 0 aromatic rings. The Morgan fingerprint density at radius 1 is 1.33 bits per heavy atom. The Morgan fingerprint density at radius 2 is 2.22 bits per heavy atom. The minimum Gasteiger partial charge on any atom is -0.254 e. The van der Waals surface area contributed by atoms with Gasteiger partial charge in [0, 0.05) is 6.21 Å². The third-order valence-corrected chi connectivity index (χ3v) is 1.60. The van der Waals surface area contributed by atoms with Crippen molar-refractivity contribution in [1.82, 2.24) is 0 Å². The average molecular weight is 183 g/mol. The van der Waals surface area contributed by atoms with Gasteiger partial charge in [0.2, 0.25) is 0 Å². The second-order valence-corrected chi connectivity index (χ2v) is 2.61. The maximum atomic E-state index is 4.13. The summed E-state index contributed by atoms with van der Waals surface area (Å²) in [7, 11) is 0. The summed E-state index contributed by atoms with van der Waals surface area (Å²) < 4.78 is 0.862. The van der Waals surface area contributed by atoms with E-state index in [4.69, 9.17) is 0 Å². The molecule has 0 saturated carbocycles. The molecular formula is C6H3BrN2. The molecule has 0 spiro atoms. The zero-order chi connectivity index (χ0) is 6.27. The molecule has 2 nitrogen and oxygen atoms in total. The maximum absolute atomic E-state index is 4.13. The van der Waals surface area contributed by atoms with Crippen LogP contribution in [0.4, 0.5) is 0 Å². The van der Waals surface area contributed by atoms with E-state index in [2.05, 4.69) is 25.9 Å². The van der Waals surface area contributed by atoms with Crippen molar-refractivity contribution in [3.63, 3.8) is 0 Å². The number of hydrogen-bond donors (Lipinski definition) is 0. The number of aliphatic imine (C=N–C) groups is 2. The first-order valence-electron chi connectivity index (χ1n) is 2.57. The lowest BCUT2D eigenvalue weighted by atomic mass is 10.4. The molecule has 3 heteroatoms. The van der Waals surface area contributed by atoms with E-state index in [9.17, 15) is 0 Å². The topological polar surface area (TPSA) is 24.7 Å². The molecule has 0 bridgehead atoms. The molecule has 2 heterocycles. The Bertz CT molecular complexity index is 271. The third-order valence-electron chi connectivity index (χ3n) is 1.19. The van der Waals surface area contributed by atoms with Crippen molar-refractivity contribution in [1.29, 1.82) is 0 Å². The van der Waals surface area contributed by atoms with Crippen molar-refractivity contribution in [3.05, 3.63) is 23.5 Å². The van der Waals surface area contributed by atoms with Crippen LogP contribution in [-0.2, 0) is 0 Å². The van der Waals surface area contributed by atoms with Crippen LogP contribution >= 0.6 is 15.9 Å². The van der Waals surface area contributed by atoms with Crippen molar-refractivity contribution in [3.8, 4) is 0 Å². The van der Waals surface area contributed by atoms with Crippen molar-refractivity contribution in [2.45, 2.75) is 0 Å². The van der Waals surface area contributed by atoms with Gasteiger partial charge >= 0.3 is 0 Å². The molecule has 44 valence electrons. The van der Waals surface area contributed by atoms with E-state index in [-0.39, 0.29) is 0 Å². The van der Waals surface area contributed by atoms with Crippen LogP contribution in [0.2, 0.25) is 0 Å². The highest BCUT2D eigenvalue weighted by Crippen LogP contribution is 2.24. The predicted molar refractivity (Wildman–Crippen MR) is 41.0 cm³/mol. The van der Waals surface area contributed by atoms with E-state index in [0.29, 0.717) is 0 Å². The molecule has 2 aliphatic heterocycles. The molecule has 0 saturated heterocycles. The molecule has 0 N–H and O–H groups in total. The summed E-state index contributed by atoms with van der Waals surface area (Å²) >= 11 is 3.25. The molecule has 0 unspecified atom stereocenters. The fourth-order valence-electron chi connectivity index (χ4n) is 0.806. The average Bonchev–Trinajstić information content (AvgIpc) is 2.22. The van der Waals surface area contributed by atoms with Crippen molar-refractivity contribution in [2.24, 2.45) is 9.98 Å². The molecule has 0 aromatic carbocycles. The van der Waals surface area contributed by atoms with Gasteiger partial charge in [-0.05, 0) is 28.1 Å². The molecule has 2 aliphatic rings. The lowest BCUT2D eigenvalue weighted by Gasteiger charge is -1.82. The quantitative estimate of drug-likeness (QED) is 0.545. The molecule has 2 rings (SSSR count). The molecule has 0 fully saturated rings. The fourth-order valence-corrected chi connectivity index (χ4v) is 1.21. The highest BCUT2D eigenvalue weighted by atomic mass is 79.9. The summed E-state index contributed by atoms with van der Waals surface area (Å²) in [6, 6.07) is 0. The first-order chi connectivity index (χ1) is 4.36. The lowest BCUT2D eigenvalue weighted by Crippen LogP contribution is -1.68. The Labute approximate surface area is 60.8 Å². The van der Waals surface area contributed by atoms with E-state index < -0.39 is 0 Å². The summed E-state index contributed by atoms with van der Waals surface area (Å²) in [5.41, 5.74) is 1.92. The van der Waals surface area contributed by atoms with Gasteiger partial charge < -0.3 is 0 Å². The van der Waals surface area contributed by atoms with Crippen LogP contribution in [0.1, 0.15) is 0 Å². The fraction of sp³-hybridized carbons (Fsp3) is 0.